The fraction of sp³-hybridized carbons (Fsp3) is 0.867. The van der Waals surface area contributed by atoms with Crippen LogP contribution in [0, 0.1) is 5.41 Å². The number of thioether (sulfide) groups is 1. The van der Waals surface area contributed by atoms with Crippen LogP contribution in [0.1, 0.15) is 39.0 Å². The van der Waals surface area contributed by atoms with Crippen molar-refractivity contribution in [2.45, 2.75) is 39.0 Å². The summed E-state index contributed by atoms with van der Waals surface area (Å²) in [6.45, 7) is 5.43. The van der Waals surface area contributed by atoms with E-state index in [-0.39, 0.29) is 11.3 Å². The van der Waals surface area contributed by atoms with Crippen LogP contribution in [-0.2, 0) is 9.59 Å². The Hall–Kier alpha value is -0.710. The Morgan fingerprint density at radius 1 is 1.35 bits per heavy atom. The first-order chi connectivity index (χ1) is 9.60. The summed E-state index contributed by atoms with van der Waals surface area (Å²) in [5.41, 5.74) is 0.164. The van der Waals surface area contributed by atoms with E-state index in [2.05, 4.69) is 0 Å². The lowest BCUT2D eigenvalue weighted by molar-refractivity contribution is -0.142. The minimum Gasteiger partial charge on any atom is -0.342 e. The Morgan fingerprint density at radius 2 is 2.15 bits per heavy atom. The molecular formula is C15H26N2O2S. The van der Waals surface area contributed by atoms with Crippen LogP contribution in [0.2, 0.25) is 0 Å². The Bertz CT molecular complexity index is 375. The van der Waals surface area contributed by atoms with Gasteiger partial charge >= 0.3 is 0 Å². The number of rotatable bonds is 4. The van der Waals surface area contributed by atoms with Crippen molar-refractivity contribution in [2.75, 3.05) is 38.2 Å². The Balaban J connectivity index is 1.98. The molecule has 114 valence electrons. The van der Waals surface area contributed by atoms with Gasteiger partial charge in [0.25, 0.3) is 0 Å². The first-order valence-electron chi connectivity index (χ1n) is 7.65. The predicted molar refractivity (Wildman–Crippen MR) is 82.7 cm³/mol. The molecule has 2 amide bonds. The lowest BCUT2D eigenvalue weighted by atomic mass is 9.73. The standard InChI is InChI=1S/C15H26N2O2S/c1-3-16-11-15(8-5-13(16)18)7-4-9-17(12-15)14(19)6-10-20-2/h3-12H2,1-2H3/t15-/m1/s1. The van der Waals surface area contributed by atoms with Crippen molar-refractivity contribution in [3.8, 4) is 0 Å². The third-order valence-corrected chi connectivity index (χ3v) is 5.28. The summed E-state index contributed by atoms with van der Waals surface area (Å²) >= 11 is 1.72. The first kappa shape index (κ1) is 15.7. The smallest absolute Gasteiger partial charge is 0.223 e. The maximum atomic E-state index is 12.2. The fourth-order valence-corrected chi connectivity index (χ4v) is 3.87. The molecule has 2 heterocycles. The molecule has 0 N–H and O–H groups in total. The predicted octanol–water partition coefficient (Wildman–Crippen LogP) is 1.99. The second-order valence-corrected chi connectivity index (χ2v) is 7.06. The zero-order chi connectivity index (χ0) is 14.6. The lowest BCUT2D eigenvalue weighted by Gasteiger charge is -2.48. The van der Waals surface area contributed by atoms with Crippen molar-refractivity contribution in [3.05, 3.63) is 0 Å². The van der Waals surface area contributed by atoms with E-state index in [1.807, 2.05) is 23.0 Å². The normalized spacial score (nSPS) is 27.2. The van der Waals surface area contributed by atoms with Crippen molar-refractivity contribution in [2.24, 2.45) is 5.41 Å². The van der Waals surface area contributed by atoms with Crippen LogP contribution >= 0.6 is 11.8 Å². The molecule has 0 aromatic rings. The van der Waals surface area contributed by atoms with Crippen LogP contribution in [-0.4, -0.2) is 59.8 Å². The van der Waals surface area contributed by atoms with Crippen LogP contribution in [0.3, 0.4) is 0 Å². The van der Waals surface area contributed by atoms with Gasteiger partial charge in [-0.15, -0.1) is 0 Å². The Labute approximate surface area is 126 Å². The topological polar surface area (TPSA) is 40.6 Å². The van der Waals surface area contributed by atoms with Crippen molar-refractivity contribution in [3.63, 3.8) is 0 Å². The summed E-state index contributed by atoms with van der Waals surface area (Å²) in [6.07, 6.45) is 6.53. The summed E-state index contributed by atoms with van der Waals surface area (Å²) in [6, 6.07) is 0. The number of carbonyl (C=O) groups is 2. The molecule has 0 aromatic heterocycles. The van der Waals surface area contributed by atoms with Gasteiger partial charge in [-0.3, -0.25) is 9.59 Å². The van der Waals surface area contributed by atoms with E-state index in [1.165, 1.54) is 0 Å². The number of nitrogens with zero attached hydrogens (tertiary/aromatic N) is 2. The highest BCUT2D eigenvalue weighted by atomic mass is 32.2. The molecule has 2 rings (SSSR count). The summed E-state index contributed by atoms with van der Waals surface area (Å²) in [4.78, 5) is 28.1. The Morgan fingerprint density at radius 3 is 2.85 bits per heavy atom. The minimum absolute atomic E-state index is 0.164. The van der Waals surface area contributed by atoms with Crippen molar-refractivity contribution in [1.82, 2.24) is 9.80 Å². The largest absolute Gasteiger partial charge is 0.342 e. The second kappa shape index (κ2) is 6.83. The molecule has 0 bridgehead atoms. The highest BCUT2D eigenvalue weighted by molar-refractivity contribution is 7.98. The highest BCUT2D eigenvalue weighted by Gasteiger charge is 2.42. The molecule has 2 aliphatic heterocycles. The minimum atomic E-state index is 0.164. The summed E-state index contributed by atoms with van der Waals surface area (Å²) < 4.78 is 0. The number of carbonyl (C=O) groups excluding carboxylic acids is 2. The molecule has 0 radical (unpaired) electrons. The zero-order valence-corrected chi connectivity index (χ0v) is 13.5. The van der Waals surface area contributed by atoms with Gasteiger partial charge in [-0.05, 0) is 32.4 Å². The molecule has 0 aromatic carbocycles. The molecule has 0 aliphatic carbocycles. The summed E-state index contributed by atoms with van der Waals surface area (Å²) in [7, 11) is 0. The molecule has 5 heteroatoms. The number of piperidine rings is 2. The molecule has 0 unspecified atom stereocenters. The molecule has 2 aliphatic rings. The fourth-order valence-electron chi connectivity index (χ4n) is 3.49. The van der Waals surface area contributed by atoms with E-state index in [4.69, 9.17) is 0 Å². The van der Waals surface area contributed by atoms with Gasteiger partial charge in [0.05, 0.1) is 0 Å². The van der Waals surface area contributed by atoms with E-state index in [0.29, 0.717) is 18.7 Å². The van der Waals surface area contributed by atoms with Crippen molar-refractivity contribution in [1.29, 1.82) is 0 Å². The quantitative estimate of drug-likeness (QED) is 0.797. The maximum absolute atomic E-state index is 12.2. The molecule has 2 fully saturated rings. The number of likely N-dealkylation sites (tertiary alicyclic amines) is 2. The number of hydrogen-bond donors (Lipinski definition) is 0. The van der Waals surface area contributed by atoms with E-state index in [9.17, 15) is 9.59 Å². The molecule has 1 spiro atoms. The summed E-state index contributed by atoms with van der Waals surface area (Å²) in [5.74, 6) is 1.48. The van der Waals surface area contributed by atoms with Crippen LogP contribution in [0.5, 0.6) is 0 Å². The average molecular weight is 298 g/mol. The second-order valence-electron chi connectivity index (χ2n) is 6.07. The van der Waals surface area contributed by atoms with Gasteiger partial charge in [-0.1, -0.05) is 0 Å². The Kier molecular flexibility index (Phi) is 5.35. The first-order valence-corrected chi connectivity index (χ1v) is 9.04. The van der Waals surface area contributed by atoms with Gasteiger partial charge in [-0.2, -0.15) is 11.8 Å². The molecule has 2 saturated heterocycles. The van der Waals surface area contributed by atoms with Crippen LogP contribution in [0.25, 0.3) is 0 Å². The van der Waals surface area contributed by atoms with E-state index in [0.717, 1.165) is 51.2 Å². The molecule has 1 atom stereocenters. The summed E-state index contributed by atoms with van der Waals surface area (Å²) in [5, 5.41) is 0. The van der Waals surface area contributed by atoms with Crippen molar-refractivity contribution >= 4 is 23.6 Å². The van der Waals surface area contributed by atoms with E-state index < -0.39 is 0 Å². The van der Waals surface area contributed by atoms with Crippen molar-refractivity contribution < 1.29 is 9.59 Å². The van der Waals surface area contributed by atoms with Crippen LogP contribution < -0.4 is 0 Å². The van der Waals surface area contributed by atoms with Gasteiger partial charge in [0.2, 0.25) is 11.8 Å². The molecular weight excluding hydrogens is 272 g/mol. The lowest BCUT2D eigenvalue weighted by Crippen LogP contribution is -2.55. The average Bonchev–Trinajstić information content (AvgIpc) is 2.47. The molecule has 0 saturated carbocycles. The molecule has 4 nitrogen and oxygen atoms in total. The van der Waals surface area contributed by atoms with Gasteiger partial charge in [0, 0.05) is 50.2 Å². The third-order valence-electron chi connectivity index (χ3n) is 4.66. The zero-order valence-electron chi connectivity index (χ0n) is 12.7. The number of amides is 2. The van der Waals surface area contributed by atoms with Gasteiger partial charge in [-0.25, -0.2) is 0 Å². The van der Waals surface area contributed by atoms with Gasteiger partial charge in [0.15, 0.2) is 0 Å². The van der Waals surface area contributed by atoms with E-state index in [1.54, 1.807) is 11.8 Å². The van der Waals surface area contributed by atoms with Crippen LogP contribution in [0.15, 0.2) is 0 Å². The third kappa shape index (κ3) is 3.48. The van der Waals surface area contributed by atoms with E-state index >= 15 is 0 Å². The monoisotopic (exact) mass is 298 g/mol. The van der Waals surface area contributed by atoms with Gasteiger partial charge in [0.1, 0.15) is 0 Å². The van der Waals surface area contributed by atoms with Crippen LogP contribution in [0.4, 0.5) is 0 Å². The number of hydrogen-bond acceptors (Lipinski definition) is 3. The van der Waals surface area contributed by atoms with Gasteiger partial charge < -0.3 is 9.80 Å². The molecule has 20 heavy (non-hydrogen) atoms. The highest BCUT2D eigenvalue weighted by Crippen LogP contribution is 2.38. The SMILES string of the molecule is CCN1C[C@@]2(CCCN(C(=O)CCSC)C2)CCC1=O. The maximum Gasteiger partial charge on any atom is 0.223 e.